The Morgan fingerprint density at radius 2 is 1.57 bits per heavy atom. The minimum atomic E-state index is -0.202. The summed E-state index contributed by atoms with van der Waals surface area (Å²) in [4.78, 5) is 24.2. The molecular formula is C23H30N2O3. The first-order chi connectivity index (χ1) is 13.6. The molecular weight excluding hydrogens is 352 g/mol. The first kappa shape index (κ1) is 21.5. The van der Waals surface area contributed by atoms with Crippen LogP contribution in [0.1, 0.15) is 62.7 Å². The summed E-state index contributed by atoms with van der Waals surface area (Å²) < 4.78 is 5.71. The lowest BCUT2D eigenvalue weighted by atomic mass is 10.2. The predicted molar refractivity (Wildman–Crippen MR) is 114 cm³/mol. The van der Waals surface area contributed by atoms with Gasteiger partial charge in [-0.2, -0.15) is 0 Å². The smallest absolute Gasteiger partial charge is 0.255 e. The third-order valence-corrected chi connectivity index (χ3v) is 4.26. The van der Waals surface area contributed by atoms with Crippen LogP contribution in [-0.2, 0) is 4.79 Å². The second-order valence-corrected chi connectivity index (χ2v) is 6.77. The fraction of sp³-hybridized carbons (Fsp3) is 0.391. The maximum Gasteiger partial charge on any atom is 0.255 e. The van der Waals surface area contributed by atoms with Crippen molar-refractivity contribution in [3.05, 3.63) is 54.1 Å². The van der Waals surface area contributed by atoms with Gasteiger partial charge in [-0.3, -0.25) is 9.59 Å². The number of carbonyl (C=O) groups excluding carboxylic acids is 2. The van der Waals surface area contributed by atoms with Gasteiger partial charge in [-0.25, -0.2) is 0 Å². The molecule has 2 rings (SSSR count). The number of hydrogen-bond acceptors (Lipinski definition) is 3. The van der Waals surface area contributed by atoms with E-state index >= 15 is 0 Å². The second kappa shape index (κ2) is 11.8. The standard InChI is InChI=1S/C23H30N2O3/c1-3-5-6-7-16-28-21-14-12-18(13-15-21)23(27)25-20-11-8-10-19(17-20)24-22(26)9-4-2/h8,10-15,17H,3-7,9,16H2,1-2H3,(H,24,26)(H,25,27). The Balaban J connectivity index is 1.87. The van der Waals surface area contributed by atoms with Crippen LogP contribution in [0.4, 0.5) is 11.4 Å². The average molecular weight is 383 g/mol. The highest BCUT2D eigenvalue weighted by Crippen LogP contribution is 2.18. The van der Waals surface area contributed by atoms with Gasteiger partial charge >= 0.3 is 0 Å². The summed E-state index contributed by atoms with van der Waals surface area (Å²) in [5.41, 5.74) is 1.86. The maximum atomic E-state index is 12.5. The molecule has 0 unspecified atom stereocenters. The van der Waals surface area contributed by atoms with Crippen LogP contribution in [0.3, 0.4) is 0 Å². The minimum absolute atomic E-state index is 0.0312. The lowest BCUT2D eigenvalue weighted by Crippen LogP contribution is -2.13. The first-order valence-corrected chi connectivity index (χ1v) is 10.1. The molecule has 0 bridgehead atoms. The van der Waals surface area contributed by atoms with Gasteiger partial charge in [0.15, 0.2) is 0 Å². The fourth-order valence-corrected chi connectivity index (χ4v) is 2.75. The van der Waals surface area contributed by atoms with Gasteiger partial charge in [0.1, 0.15) is 5.75 Å². The van der Waals surface area contributed by atoms with E-state index < -0.39 is 0 Å². The van der Waals surface area contributed by atoms with E-state index in [1.54, 1.807) is 36.4 Å². The molecule has 2 N–H and O–H groups in total. The summed E-state index contributed by atoms with van der Waals surface area (Å²) in [6, 6.07) is 14.3. The molecule has 28 heavy (non-hydrogen) atoms. The number of benzene rings is 2. The zero-order chi connectivity index (χ0) is 20.2. The Hall–Kier alpha value is -2.82. The SMILES string of the molecule is CCCCCCOc1ccc(C(=O)Nc2cccc(NC(=O)CCC)c2)cc1. The molecule has 5 heteroatoms. The van der Waals surface area contributed by atoms with E-state index in [1.165, 1.54) is 19.3 Å². The van der Waals surface area contributed by atoms with Crippen LogP contribution < -0.4 is 15.4 Å². The van der Waals surface area contributed by atoms with Crippen molar-refractivity contribution in [2.75, 3.05) is 17.2 Å². The van der Waals surface area contributed by atoms with Crippen molar-refractivity contribution in [1.29, 1.82) is 0 Å². The number of ether oxygens (including phenoxy) is 1. The summed E-state index contributed by atoms with van der Waals surface area (Å²) in [5, 5.41) is 5.69. The Morgan fingerprint density at radius 3 is 2.25 bits per heavy atom. The lowest BCUT2D eigenvalue weighted by Gasteiger charge is -2.10. The Bertz CT molecular complexity index is 757. The highest BCUT2D eigenvalue weighted by atomic mass is 16.5. The van der Waals surface area contributed by atoms with E-state index in [2.05, 4.69) is 17.6 Å². The molecule has 0 aliphatic heterocycles. The zero-order valence-corrected chi connectivity index (χ0v) is 16.8. The monoisotopic (exact) mass is 382 g/mol. The molecule has 0 atom stereocenters. The third kappa shape index (κ3) is 7.43. The molecule has 150 valence electrons. The molecule has 0 heterocycles. The molecule has 0 saturated heterocycles. The van der Waals surface area contributed by atoms with Crippen LogP contribution in [0.2, 0.25) is 0 Å². The highest BCUT2D eigenvalue weighted by Gasteiger charge is 2.08. The lowest BCUT2D eigenvalue weighted by molar-refractivity contribution is -0.116. The van der Waals surface area contributed by atoms with Gasteiger partial charge in [0.25, 0.3) is 5.91 Å². The zero-order valence-electron chi connectivity index (χ0n) is 16.8. The number of rotatable bonds is 11. The number of anilines is 2. The van der Waals surface area contributed by atoms with Gasteiger partial charge in [-0.15, -0.1) is 0 Å². The number of unbranched alkanes of at least 4 members (excludes halogenated alkanes) is 3. The molecule has 0 aliphatic carbocycles. The Morgan fingerprint density at radius 1 is 0.857 bits per heavy atom. The number of carbonyl (C=O) groups is 2. The van der Waals surface area contributed by atoms with Crippen molar-refractivity contribution in [2.24, 2.45) is 0 Å². The van der Waals surface area contributed by atoms with Crippen molar-refractivity contribution in [3.8, 4) is 5.75 Å². The molecule has 5 nitrogen and oxygen atoms in total. The van der Waals surface area contributed by atoms with Gasteiger partial charge in [-0.1, -0.05) is 39.2 Å². The number of hydrogen-bond donors (Lipinski definition) is 2. The summed E-state index contributed by atoms with van der Waals surface area (Å²) >= 11 is 0. The van der Waals surface area contributed by atoms with Crippen LogP contribution in [0.15, 0.2) is 48.5 Å². The van der Waals surface area contributed by atoms with Crippen molar-refractivity contribution < 1.29 is 14.3 Å². The average Bonchev–Trinajstić information content (AvgIpc) is 2.68. The van der Waals surface area contributed by atoms with Crippen molar-refractivity contribution in [3.63, 3.8) is 0 Å². The molecule has 0 fully saturated rings. The van der Waals surface area contributed by atoms with E-state index in [-0.39, 0.29) is 11.8 Å². The fourth-order valence-electron chi connectivity index (χ4n) is 2.75. The maximum absolute atomic E-state index is 12.5. The largest absolute Gasteiger partial charge is 0.494 e. The van der Waals surface area contributed by atoms with Gasteiger partial charge < -0.3 is 15.4 Å². The van der Waals surface area contributed by atoms with Crippen molar-refractivity contribution in [1.82, 2.24) is 0 Å². The second-order valence-electron chi connectivity index (χ2n) is 6.77. The Labute approximate surface area is 167 Å². The molecule has 0 saturated carbocycles. The van der Waals surface area contributed by atoms with E-state index in [1.807, 2.05) is 19.1 Å². The topological polar surface area (TPSA) is 67.4 Å². The molecule has 0 aliphatic rings. The minimum Gasteiger partial charge on any atom is -0.494 e. The molecule has 0 radical (unpaired) electrons. The van der Waals surface area contributed by atoms with Crippen LogP contribution in [-0.4, -0.2) is 18.4 Å². The molecule has 2 aromatic rings. The number of amides is 2. The van der Waals surface area contributed by atoms with E-state index in [0.717, 1.165) is 18.6 Å². The van der Waals surface area contributed by atoms with E-state index in [0.29, 0.717) is 30.0 Å². The van der Waals surface area contributed by atoms with Crippen LogP contribution in [0, 0.1) is 0 Å². The van der Waals surface area contributed by atoms with Gasteiger partial charge in [0.05, 0.1) is 6.61 Å². The number of nitrogens with one attached hydrogen (secondary N) is 2. The van der Waals surface area contributed by atoms with Crippen molar-refractivity contribution in [2.45, 2.75) is 52.4 Å². The van der Waals surface area contributed by atoms with Crippen molar-refractivity contribution >= 4 is 23.2 Å². The highest BCUT2D eigenvalue weighted by molar-refractivity contribution is 6.04. The first-order valence-electron chi connectivity index (χ1n) is 10.1. The summed E-state index contributed by atoms with van der Waals surface area (Å²) in [5.74, 6) is 0.538. The van der Waals surface area contributed by atoms with Gasteiger partial charge in [-0.05, 0) is 55.3 Å². The normalized spacial score (nSPS) is 10.4. The van der Waals surface area contributed by atoms with Crippen LogP contribution in [0.5, 0.6) is 5.75 Å². The quantitative estimate of drug-likeness (QED) is 0.494. The molecule has 2 aromatic carbocycles. The molecule has 0 aromatic heterocycles. The summed E-state index contributed by atoms with van der Waals surface area (Å²) in [7, 11) is 0. The molecule has 0 spiro atoms. The van der Waals surface area contributed by atoms with Gasteiger partial charge in [0, 0.05) is 23.4 Å². The van der Waals surface area contributed by atoms with E-state index in [9.17, 15) is 9.59 Å². The van der Waals surface area contributed by atoms with Crippen LogP contribution in [0.25, 0.3) is 0 Å². The third-order valence-electron chi connectivity index (χ3n) is 4.26. The Kier molecular flexibility index (Phi) is 9.05. The summed E-state index contributed by atoms with van der Waals surface area (Å²) in [6.45, 7) is 4.84. The predicted octanol–water partition coefficient (Wildman–Crippen LogP) is 5.64. The summed E-state index contributed by atoms with van der Waals surface area (Å²) in [6.07, 6.45) is 5.92. The van der Waals surface area contributed by atoms with Gasteiger partial charge in [0.2, 0.25) is 5.91 Å². The van der Waals surface area contributed by atoms with E-state index in [4.69, 9.17) is 4.74 Å². The van der Waals surface area contributed by atoms with Crippen LogP contribution >= 0.6 is 0 Å². The molecule has 2 amide bonds.